The van der Waals surface area contributed by atoms with Crippen LogP contribution in [0.3, 0.4) is 0 Å². The highest BCUT2D eigenvalue weighted by Crippen LogP contribution is 2.20. The molecule has 0 saturated carbocycles. The summed E-state index contributed by atoms with van der Waals surface area (Å²) in [5.41, 5.74) is 0. The van der Waals surface area contributed by atoms with Gasteiger partial charge < -0.3 is 4.90 Å². The summed E-state index contributed by atoms with van der Waals surface area (Å²) in [6, 6.07) is 0. The first-order chi connectivity index (χ1) is 6.22. The zero-order chi connectivity index (χ0) is 9.68. The lowest BCUT2D eigenvalue weighted by atomic mass is 9.92. The van der Waals surface area contributed by atoms with Crippen molar-refractivity contribution in [1.82, 2.24) is 4.90 Å². The van der Waals surface area contributed by atoms with Gasteiger partial charge >= 0.3 is 0 Å². The second kappa shape index (κ2) is 5.87. The number of likely N-dealkylation sites (tertiary alicyclic amines) is 1. The van der Waals surface area contributed by atoms with Crippen molar-refractivity contribution in [2.45, 2.75) is 33.1 Å². The van der Waals surface area contributed by atoms with Gasteiger partial charge in [0, 0.05) is 19.0 Å². The normalized spacial score (nSPS) is 30.7. The van der Waals surface area contributed by atoms with Gasteiger partial charge in [-0.25, -0.2) is 0 Å². The molecule has 1 aliphatic heterocycles. The van der Waals surface area contributed by atoms with Crippen LogP contribution in [0.5, 0.6) is 0 Å². The molecule has 0 bridgehead atoms. The number of rotatable bonds is 4. The van der Waals surface area contributed by atoms with Crippen LogP contribution in [0.4, 0.5) is 0 Å². The third kappa shape index (κ3) is 4.33. The molecular weight excluding hydrogens is 182 g/mol. The summed E-state index contributed by atoms with van der Waals surface area (Å²) >= 11 is 5.66. The summed E-state index contributed by atoms with van der Waals surface area (Å²) in [7, 11) is 0. The molecule has 13 heavy (non-hydrogen) atoms. The summed E-state index contributed by atoms with van der Waals surface area (Å²) in [5, 5.41) is 0. The van der Waals surface area contributed by atoms with Crippen molar-refractivity contribution < 1.29 is 0 Å². The predicted molar refractivity (Wildman–Crippen MR) is 59.3 cm³/mol. The molecule has 0 spiro atoms. The number of hydrogen-bond acceptors (Lipinski definition) is 1. The van der Waals surface area contributed by atoms with E-state index in [-0.39, 0.29) is 0 Å². The fraction of sp³-hybridized carbons (Fsp3) is 1.00. The van der Waals surface area contributed by atoms with Crippen LogP contribution < -0.4 is 0 Å². The molecule has 2 atom stereocenters. The number of hydrogen-bond donors (Lipinski definition) is 0. The van der Waals surface area contributed by atoms with Crippen molar-refractivity contribution in [3.63, 3.8) is 0 Å². The number of alkyl halides is 1. The minimum atomic E-state index is 0.818. The SMILES string of the molecule is CC1CC(C)CN(CCCCCl)C1. The first-order valence-electron chi connectivity index (χ1n) is 5.50. The molecule has 1 rings (SSSR count). The topological polar surface area (TPSA) is 3.24 Å². The van der Waals surface area contributed by atoms with E-state index in [1.165, 1.54) is 38.9 Å². The minimum absolute atomic E-state index is 0.818. The van der Waals surface area contributed by atoms with Crippen molar-refractivity contribution in [3.8, 4) is 0 Å². The molecule has 0 aliphatic carbocycles. The second-order valence-electron chi connectivity index (χ2n) is 4.60. The van der Waals surface area contributed by atoms with Gasteiger partial charge in [0.1, 0.15) is 0 Å². The molecule has 1 fully saturated rings. The Morgan fingerprint density at radius 1 is 1.15 bits per heavy atom. The van der Waals surface area contributed by atoms with E-state index in [2.05, 4.69) is 18.7 Å². The van der Waals surface area contributed by atoms with Gasteiger partial charge in [-0.05, 0) is 37.6 Å². The third-order valence-corrected chi connectivity index (χ3v) is 3.07. The van der Waals surface area contributed by atoms with Gasteiger partial charge in [-0.3, -0.25) is 0 Å². The zero-order valence-electron chi connectivity index (χ0n) is 8.93. The monoisotopic (exact) mass is 203 g/mol. The summed E-state index contributed by atoms with van der Waals surface area (Å²) in [6.45, 7) is 8.58. The molecule has 1 nitrogen and oxygen atoms in total. The van der Waals surface area contributed by atoms with Gasteiger partial charge in [-0.2, -0.15) is 0 Å². The van der Waals surface area contributed by atoms with Crippen LogP contribution in [0.25, 0.3) is 0 Å². The van der Waals surface area contributed by atoms with Gasteiger partial charge in [0.2, 0.25) is 0 Å². The maximum absolute atomic E-state index is 5.66. The van der Waals surface area contributed by atoms with Crippen molar-refractivity contribution in [3.05, 3.63) is 0 Å². The lowest BCUT2D eigenvalue weighted by Gasteiger charge is -2.34. The molecule has 78 valence electrons. The average molecular weight is 204 g/mol. The lowest BCUT2D eigenvalue weighted by molar-refractivity contribution is 0.139. The zero-order valence-corrected chi connectivity index (χ0v) is 9.69. The molecular formula is C11H22ClN. The molecule has 0 aromatic rings. The molecule has 0 radical (unpaired) electrons. The maximum Gasteiger partial charge on any atom is 0.0223 e. The lowest BCUT2D eigenvalue weighted by Crippen LogP contribution is -2.39. The number of piperidine rings is 1. The van der Waals surface area contributed by atoms with Crippen molar-refractivity contribution >= 4 is 11.6 Å². The second-order valence-corrected chi connectivity index (χ2v) is 4.98. The molecule has 1 aliphatic rings. The van der Waals surface area contributed by atoms with Gasteiger partial charge in [-0.15, -0.1) is 11.6 Å². The molecule has 0 aromatic carbocycles. The highest BCUT2D eigenvalue weighted by molar-refractivity contribution is 6.17. The molecule has 1 heterocycles. The van der Waals surface area contributed by atoms with Crippen LogP contribution >= 0.6 is 11.6 Å². The first-order valence-corrected chi connectivity index (χ1v) is 6.04. The van der Waals surface area contributed by atoms with Crippen LogP contribution in [-0.4, -0.2) is 30.4 Å². The predicted octanol–water partition coefficient (Wildman–Crippen LogP) is 2.98. The van der Waals surface area contributed by atoms with Crippen LogP contribution in [0, 0.1) is 11.8 Å². The van der Waals surface area contributed by atoms with E-state index in [9.17, 15) is 0 Å². The summed E-state index contributed by atoms with van der Waals surface area (Å²) < 4.78 is 0. The fourth-order valence-corrected chi connectivity index (χ4v) is 2.59. The molecule has 0 N–H and O–H groups in total. The summed E-state index contributed by atoms with van der Waals surface area (Å²) in [6.07, 6.45) is 3.84. The van der Waals surface area contributed by atoms with Crippen LogP contribution in [0.2, 0.25) is 0 Å². The molecule has 2 heteroatoms. The molecule has 1 saturated heterocycles. The standard InChI is InChI=1S/C11H22ClN/c1-10-7-11(2)9-13(8-10)6-4-3-5-12/h10-11H,3-9H2,1-2H3. The number of nitrogens with zero attached hydrogens (tertiary/aromatic N) is 1. The Morgan fingerprint density at radius 2 is 1.77 bits per heavy atom. The van der Waals surface area contributed by atoms with Gasteiger partial charge in [0.15, 0.2) is 0 Å². The van der Waals surface area contributed by atoms with Crippen LogP contribution in [-0.2, 0) is 0 Å². The van der Waals surface area contributed by atoms with E-state index >= 15 is 0 Å². The van der Waals surface area contributed by atoms with Crippen LogP contribution in [0.15, 0.2) is 0 Å². The Morgan fingerprint density at radius 3 is 2.31 bits per heavy atom. The summed E-state index contributed by atoms with van der Waals surface area (Å²) in [5.74, 6) is 2.60. The Bertz CT molecular complexity index is 128. The Balaban J connectivity index is 2.17. The van der Waals surface area contributed by atoms with E-state index in [0.29, 0.717) is 0 Å². The Labute approximate surface area is 87.4 Å². The summed E-state index contributed by atoms with van der Waals surface area (Å²) in [4.78, 5) is 2.60. The molecule has 2 unspecified atom stereocenters. The molecule has 0 amide bonds. The minimum Gasteiger partial charge on any atom is -0.303 e. The van der Waals surface area contributed by atoms with E-state index in [4.69, 9.17) is 11.6 Å². The largest absolute Gasteiger partial charge is 0.303 e. The number of unbranched alkanes of at least 4 members (excludes halogenated alkanes) is 1. The molecule has 0 aromatic heterocycles. The van der Waals surface area contributed by atoms with Crippen LogP contribution in [0.1, 0.15) is 33.1 Å². The van der Waals surface area contributed by atoms with E-state index < -0.39 is 0 Å². The average Bonchev–Trinajstić information content (AvgIpc) is 2.03. The smallest absolute Gasteiger partial charge is 0.0223 e. The Kier molecular flexibility index (Phi) is 5.12. The third-order valence-electron chi connectivity index (χ3n) is 2.80. The van der Waals surface area contributed by atoms with Gasteiger partial charge in [-0.1, -0.05) is 13.8 Å². The Hall–Kier alpha value is 0.250. The quantitative estimate of drug-likeness (QED) is 0.502. The van der Waals surface area contributed by atoms with E-state index in [1.54, 1.807) is 0 Å². The van der Waals surface area contributed by atoms with Gasteiger partial charge in [0.05, 0.1) is 0 Å². The first kappa shape index (κ1) is 11.3. The number of halogens is 1. The maximum atomic E-state index is 5.66. The van der Waals surface area contributed by atoms with Crippen molar-refractivity contribution in [1.29, 1.82) is 0 Å². The van der Waals surface area contributed by atoms with Crippen molar-refractivity contribution in [2.24, 2.45) is 11.8 Å². The van der Waals surface area contributed by atoms with Gasteiger partial charge in [0.25, 0.3) is 0 Å². The fourth-order valence-electron chi connectivity index (χ4n) is 2.40. The highest BCUT2D eigenvalue weighted by atomic mass is 35.5. The van der Waals surface area contributed by atoms with E-state index in [0.717, 1.165) is 17.7 Å². The highest BCUT2D eigenvalue weighted by Gasteiger charge is 2.20. The van der Waals surface area contributed by atoms with E-state index in [1.807, 2.05) is 0 Å². The van der Waals surface area contributed by atoms with Crippen molar-refractivity contribution in [2.75, 3.05) is 25.5 Å².